The van der Waals surface area contributed by atoms with E-state index >= 15 is 0 Å². The fraction of sp³-hybridized carbons (Fsp3) is 0.150. The van der Waals surface area contributed by atoms with Crippen LogP contribution in [0.3, 0.4) is 0 Å². The molecule has 0 aliphatic heterocycles. The maximum absolute atomic E-state index is 12.1. The molecule has 0 saturated heterocycles. The van der Waals surface area contributed by atoms with E-state index in [0.29, 0.717) is 18.6 Å². The van der Waals surface area contributed by atoms with Crippen molar-refractivity contribution < 1.29 is 14.6 Å². The molecule has 0 aliphatic carbocycles. The minimum atomic E-state index is -0.330. The van der Waals surface area contributed by atoms with Gasteiger partial charge in [-0.25, -0.2) is 4.79 Å². The number of hydrogen-bond acceptors (Lipinski definition) is 3. The van der Waals surface area contributed by atoms with Crippen LogP contribution in [0.5, 0.6) is 5.75 Å². The molecule has 3 aromatic carbocycles. The zero-order valence-electron chi connectivity index (χ0n) is 13.0. The summed E-state index contributed by atoms with van der Waals surface area (Å²) in [5.41, 5.74) is 2.18. The van der Waals surface area contributed by atoms with E-state index in [2.05, 4.69) is 0 Å². The summed E-state index contributed by atoms with van der Waals surface area (Å²) in [6.45, 7) is 2.13. The number of carbonyl (C=O) groups is 1. The van der Waals surface area contributed by atoms with Gasteiger partial charge in [-0.2, -0.15) is 0 Å². The van der Waals surface area contributed by atoms with E-state index in [1.165, 1.54) is 0 Å². The van der Waals surface area contributed by atoms with Crippen LogP contribution in [0.2, 0.25) is 0 Å². The second kappa shape index (κ2) is 6.53. The predicted octanol–water partition coefficient (Wildman–Crippen LogP) is 4.31. The van der Waals surface area contributed by atoms with Crippen molar-refractivity contribution in [2.75, 3.05) is 6.61 Å². The Morgan fingerprint density at radius 1 is 0.957 bits per heavy atom. The number of phenols is 1. The summed E-state index contributed by atoms with van der Waals surface area (Å²) < 4.78 is 5.11. The van der Waals surface area contributed by atoms with Crippen molar-refractivity contribution >= 4 is 16.7 Å². The number of ether oxygens (including phenoxy) is 1. The van der Waals surface area contributed by atoms with Gasteiger partial charge in [0.15, 0.2) is 0 Å². The lowest BCUT2D eigenvalue weighted by Crippen LogP contribution is -2.08. The highest BCUT2D eigenvalue weighted by atomic mass is 16.5. The molecule has 0 bridgehead atoms. The Balaban J connectivity index is 2.00. The molecule has 3 rings (SSSR count). The van der Waals surface area contributed by atoms with E-state index < -0.39 is 0 Å². The first-order valence-electron chi connectivity index (χ1n) is 7.65. The van der Waals surface area contributed by atoms with Gasteiger partial charge < -0.3 is 9.84 Å². The fourth-order valence-corrected chi connectivity index (χ4v) is 2.73. The van der Waals surface area contributed by atoms with E-state index in [0.717, 1.165) is 21.9 Å². The van der Waals surface area contributed by atoms with E-state index in [9.17, 15) is 9.90 Å². The number of carbonyl (C=O) groups excluding carboxylic acids is 1. The quantitative estimate of drug-likeness (QED) is 0.730. The zero-order chi connectivity index (χ0) is 16.2. The number of fused-ring (bicyclic) bond motifs is 1. The molecule has 1 N–H and O–H groups in total. The molecule has 0 spiro atoms. The first-order valence-corrected chi connectivity index (χ1v) is 7.65. The van der Waals surface area contributed by atoms with E-state index in [1.807, 2.05) is 54.6 Å². The number of benzene rings is 3. The van der Waals surface area contributed by atoms with Gasteiger partial charge in [0.2, 0.25) is 0 Å². The van der Waals surface area contributed by atoms with Gasteiger partial charge in [0.1, 0.15) is 5.75 Å². The average Bonchev–Trinajstić information content (AvgIpc) is 2.58. The number of esters is 1. The zero-order valence-corrected chi connectivity index (χ0v) is 13.0. The van der Waals surface area contributed by atoms with Gasteiger partial charge in [0.05, 0.1) is 12.2 Å². The molecule has 3 nitrogen and oxygen atoms in total. The predicted molar refractivity (Wildman–Crippen MR) is 90.8 cm³/mol. The largest absolute Gasteiger partial charge is 0.507 e. The number of rotatable bonds is 4. The van der Waals surface area contributed by atoms with Gasteiger partial charge >= 0.3 is 5.97 Å². The molecule has 0 unspecified atom stereocenters. The van der Waals surface area contributed by atoms with Crippen molar-refractivity contribution in [3.05, 3.63) is 77.4 Å². The van der Waals surface area contributed by atoms with Crippen molar-refractivity contribution in [2.24, 2.45) is 0 Å². The highest BCUT2D eigenvalue weighted by molar-refractivity contribution is 5.92. The summed E-state index contributed by atoms with van der Waals surface area (Å²) in [7, 11) is 0. The topological polar surface area (TPSA) is 46.5 Å². The van der Waals surface area contributed by atoms with Crippen LogP contribution in [-0.2, 0) is 11.2 Å². The van der Waals surface area contributed by atoms with Crippen molar-refractivity contribution in [3.8, 4) is 5.75 Å². The third kappa shape index (κ3) is 3.04. The molecule has 116 valence electrons. The number of phenolic OH excluding ortho intramolecular Hbond substituents is 1. The van der Waals surface area contributed by atoms with Crippen LogP contribution in [0.4, 0.5) is 0 Å². The minimum Gasteiger partial charge on any atom is -0.507 e. The van der Waals surface area contributed by atoms with Gasteiger partial charge in [-0.15, -0.1) is 0 Å². The molecule has 0 fully saturated rings. The maximum Gasteiger partial charge on any atom is 0.338 e. The fourth-order valence-electron chi connectivity index (χ4n) is 2.73. The average molecular weight is 306 g/mol. The monoisotopic (exact) mass is 306 g/mol. The Bertz CT molecular complexity index is 852. The van der Waals surface area contributed by atoms with Crippen molar-refractivity contribution in [2.45, 2.75) is 13.3 Å². The van der Waals surface area contributed by atoms with Gasteiger partial charge in [-0.1, -0.05) is 54.6 Å². The molecule has 0 heterocycles. The molecule has 0 atom stereocenters. The lowest BCUT2D eigenvalue weighted by atomic mass is 9.97. The molecular weight excluding hydrogens is 288 g/mol. The lowest BCUT2D eigenvalue weighted by Gasteiger charge is -2.11. The normalized spacial score (nSPS) is 10.7. The van der Waals surface area contributed by atoms with Crippen molar-refractivity contribution in [1.82, 2.24) is 0 Å². The molecule has 23 heavy (non-hydrogen) atoms. The third-order valence-electron chi connectivity index (χ3n) is 3.88. The van der Waals surface area contributed by atoms with Gasteiger partial charge in [0, 0.05) is 11.8 Å². The van der Waals surface area contributed by atoms with Crippen molar-refractivity contribution in [3.63, 3.8) is 0 Å². The molecule has 0 radical (unpaired) electrons. The number of hydrogen-bond donors (Lipinski definition) is 1. The van der Waals surface area contributed by atoms with E-state index in [1.54, 1.807) is 13.0 Å². The van der Waals surface area contributed by atoms with Crippen LogP contribution in [-0.4, -0.2) is 17.7 Å². The molecule has 3 aromatic rings. The summed E-state index contributed by atoms with van der Waals surface area (Å²) in [4.78, 5) is 12.1. The smallest absolute Gasteiger partial charge is 0.338 e. The Morgan fingerprint density at radius 2 is 1.70 bits per heavy atom. The standard InChI is InChI=1S/C20H18O3/c1-2-23-20(22)18-10-6-4-8-15(18)13-16-12-11-14-7-3-5-9-17(14)19(16)21/h3-12,21H,2,13H2,1H3. The summed E-state index contributed by atoms with van der Waals surface area (Å²) in [6.07, 6.45) is 0.478. The van der Waals surface area contributed by atoms with Crippen LogP contribution in [0.15, 0.2) is 60.7 Å². The lowest BCUT2D eigenvalue weighted by molar-refractivity contribution is 0.0525. The first kappa shape index (κ1) is 15.1. The summed E-state index contributed by atoms with van der Waals surface area (Å²) in [5, 5.41) is 12.3. The first-order chi connectivity index (χ1) is 11.2. The van der Waals surface area contributed by atoms with E-state index in [4.69, 9.17) is 4.74 Å². The molecular formula is C20H18O3. The molecule has 3 heteroatoms. The Labute approximate surface area is 135 Å². The summed E-state index contributed by atoms with van der Waals surface area (Å²) in [6, 6.07) is 18.9. The maximum atomic E-state index is 12.1. The summed E-state index contributed by atoms with van der Waals surface area (Å²) in [5.74, 6) is -0.0647. The molecule has 0 amide bonds. The van der Waals surface area contributed by atoms with Crippen LogP contribution in [0.25, 0.3) is 10.8 Å². The molecule has 0 aliphatic rings. The van der Waals surface area contributed by atoms with Crippen LogP contribution in [0, 0.1) is 0 Å². The highest BCUT2D eigenvalue weighted by Gasteiger charge is 2.14. The molecule has 0 saturated carbocycles. The van der Waals surface area contributed by atoms with Gasteiger partial charge in [-0.3, -0.25) is 0 Å². The van der Waals surface area contributed by atoms with Gasteiger partial charge in [0.25, 0.3) is 0 Å². The Morgan fingerprint density at radius 3 is 2.52 bits per heavy atom. The Kier molecular flexibility index (Phi) is 4.29. The Hall–Kier alpha value is -2.81. The minimum absolute atomic E-state index is 0.266. The summed E-state index contributed by atoms with van der Waals surface area (Å²) >= 11 is 0. The second-order valence-corrected chi connectivity index (χ2v) is 5.35. The second-order valence-electron chi connectivity index (χ2n) is 5.35. The van der Waals surface area contributed by atoms with Gasteiger partial charge in [-0.05, 0) is 29.5 Å². The van der Waals surface area contributed by atoms with Crippen molar-refractivity contribution in [1.29, 1.82) is 0 Å². The molecule has 0 aromatic heterocycles. The van der Waals surface area contributed by atoms with E-state index in [-0.39, 0.29) is 11.7 Å². The third-order valence-corrected chi connectivity index (χ3v) is 3.88. The highest BCUT2D eigenvalue weighted by Crippen LogP contribution is 2.30. The van der Waals surface area contributed by atoms with Crippen LogP contribution >= 0.6 is 0 Å². The van der Waals surface area contributed by atoms with Crippen LogP contribution < -0.4 is 0 Å². The van der Waals surface area contributed by atoms with Crippen LogP contribution in [0.1, 0.15) is 28.4 Å². The number of aromatic hydroxyl groups is 1. The SMILES string of the molecule is CCOC(=O)c1ccccc1Cc1ccc2ccccc2c1O.